The molecule has 0 aromatic heterocycles. The Kier molecular flexibility index (Phi) is 3.41. The van der Waals surface area contributed by atoms with Crippen molar-refractivity contribution in [3.8, 4) is 12.3 Å². The fourth-order valence-electron chi connectivity index (χ4n) is 0.846. The molecule has 0 saturated carbocycles. The van der Waals surface area contributed by atoms with Crippen LogP contribution in [-0.4, -0.2) is 12.5 Å². The number of terminal acetylenes is 1. The molecule has 0 unspecified atom stereocenters. The molecule has 0 heterocycles. The molecule has 0 aliphatic heterocycles. The quantitative estimate of drug-likeness (QED) is 0.536. The molecule has 3 heteroatoms. The van der Waals surface area contributed by atoms with E-state index in [2.05, 4.69) is 23.9 Å². The summed E-state index contributed by atoms with van der Waals surface area (Å²) in [6.45, 7) is 0.251. The molecule has 0 saturated heterocycles. The Labute approximate surface area is 82.8 Å². The SMILES string of the molecule is C#CCNC(=O)c1ccc(S)cc1. The number of hydrogen-bond acceptors (Lipinski definition) is 2. The van der Waals surface area contributed by atoms with Gasteiger partial charge in [0.15, 0.2) is 0 Å². The average molecular weight is 191 g/mol. The second kappa shape index (κ2) is 4.58. The van der Waals surface area contributed by atoms with E-state index in [1.54, 1.807) is 24.3 Å². The van der Waals surface area contributed by atoms with E-state index >= 15 is 0 Å². The summed E-state index contributed by atoms with van der Waals surface area (Å²) in [6, 6.07) is 6.92. The molecule has 1 rings (SSSR count). The molecule has 1 aromatic carbocycles. The Morgan fingerprint density at radius 3 is 2.62 bits per heavy atom. The predicted octanol–water partition coefficient (Wildman–Crippen LogP) is 1.34. The monoisotopic (exact) mass is 191 g/mol. The van der Waals surface area contributed by atoms with Gasteiger partial charge in [0.05, 0.1) is 6.54 Å². The van der Waals surface area contributed by atoms with Crippen molar-refractivity contribution in [1.29, 1.82) is 0 Å². The molecule has 0 atom stereocenters. The van der Waals surface area contributed by atoms with Crippen LogP contribution in [0.3, 0.4) is 0 Å². The first-order chi connectivity index (χ1) is 6.24. The van der Waals surface area contributed by atoms with Crippen LogP contribution in [0, 0.1) is 12.3 Å². The summed E-state index contributed by atoms with van der Waals surface area (Å²) in [5, 5.41) is 2.57. The summed E-state index contributed by atoms with van der Waals surface area (Å²) >= 11 is 4.11. The summed E-state index contributed by atoms with van der Waals surface area (Å²) in [6.07, 6.45) is 5.00. The van der Waals surface area contributed by atoms with Crippen LogP contribution in [0.15, 0.2) is 29.2 Å². The number of benzene rings is 1. The molecule has 0 radical (unpaired) electrons. The first-order valence-electron chi connectivity index (χ1n) is 3.74. The van der Waals surface area contributed by atoms with Gasteiger partial charge < -0.3 is 5.32 Å². The van der Waals surface area contributed by atoms with Gasteiger partial charge in [0, 0.05) is 10.5 Å². The van der Waals surface area contributed by atoms with Crippen molar-refractivity contribution in [2.24, 2.45) is 0 Å². The van der Waals surface area contributed by atoms with Gasteiger partial charge in [0.25, 0.3) is 5.91 Å². The van der Waals surface area contributed by atoms with Gasteiger partial charge in [-0.25, -0.2) is 0 Å². The Balaban J connectivity index is 2.68. The summed E-state index contributed by atoms with van der Waals surface area (Å²) in [5.74, 6) is 2.17. The van der Waals surface area contributed by atoms with Gasteiger partial charge in [-0.2, -0.15) is 0 Å². The molecule has 13 heavy (non-hydrogen) atoms. The third kappa shape index (κ3) is 2.85. The van der Waals surface area contributed by atoms with Gasteiger partial charge in [0.1, 0.15) is 0 Å². The van der Waals surface area contributed by atoms with Crippen molar-refractivity contribution >= 4 is 18.5 Å². The highest BCUT2D eigenvalue weighted by molar-refractivity contribution is 7.80. The van der Waals surface area contributed by atoms with Crippen molar-refractivity contribution < 1.29 is 4.79 Å². The van der Waals surface area contributed by atoms with Gasteiger partial charge in [0.2, 0.25) is 0 Å². The number of nitrogens with one attached hydrogen (secondary N) is 1. The molecule has 1 aromatic rings. The minimum Gasteiger partial charge on any atom is -0.341 e. The van der Waals surface area contributed by atoms with Gasteiger partial charge in [-0.3, -0.25) is 4.79 Å². The fourth-order valence-corrected chi connectivity index (χ4v) is 0.995. The summed E-state index contributed by atoms with van der Waals surface area (Å²) < 4.78 is 0. The second-order valence-corrected chi connectivity index (χ2v) is 2.95. The highest BCUT2D eigenvalue weighted by Gasteiger charge is 2.01. The van der Waals surface area contributed by atoms with Crippen LogP contribution in [-0.2, 0) is 0 Å². The van der Waals surface area contributed by atoms with Crippen LogP contribution >= 0.6 is 12.6 Å². The molecule has 0 aliphatic rings. The first kappa shape index (κ1) is 9.69. The maximum atomic E-state index is 11.3. The van der Waals surface area contributed by atoms with E-state index in [0.717, 1.165) is 4.90 Å². The smallest absolute Gasteiger partial charge is 0.252 e. The number of hydrogen-bond donors (Lipinski definition) is 2. The molecular weight excluding hydrogens is 182 g/mol. The van der Waals surface area contributed by atoms with Gasteiger partial charge >= 0.3 is 0 Å². The van der Waals surface area contributed by atoms with E-state index in [4.69, 9.17) is 6.42 Å². The van der Waals surface area contributed by atoms with Crippen LogP contribution in [0.5, 0.6) is 0 Å². The van der Waals surface area contributed by atoms with Crippen LogP contribution in [0.25, 0.3) is 0 Å². The molecule has 0 fully saturated rings. The van der Waals surface area contributed by atoms with E-state index in [1.165, 1.54) is 0 Å². The maximum Gasteiger partial charge on any atom is 0.252 e. The van der Waals surface area contributed by atoms with Crippen LogP contribution in [0.2, 0.25) is 0 Å². The number of carbonyl (C=O) groups is 1. The van der Waals surface area contributed by atoms with Gasteiger partial charge in [-0.05, 0) is 24.3 Å². The zero-order valence-electron chi connectivity index (χ0n) is 6.95. The number of rotatable bonds is 2. The summed E-state index contributed by atoms with van der Waals surface area (Å²) in [5.41, 5.74) is 0.591. The van der Waals surface area contributed by atoms with Crippen molar-refractivity contribution in [1.82, 2.24) is 5.32 Å². The number of thiol groups is 1. The predicted molar refractivity (Wildman–Crippen MR) is 54.9 cm³/mol. The fraction of sp³-hybridized carbons (Fsp3) is 0.100. The highest BCUT2D eigenvalue weighted by atomic mass is 32.1. The number of amides is 1. The van der Waals surface area contributed by atoms with Crippen LogP contribution in [0.4, 0.5) is 0 Å². The minimum absolute atomic E-state index is 0.161. The Morgan fingerprint density at radius 2 is 2.08 bits per heavy atom. The van der Waals surface area contributed by atoms with Crippen LogP contribution in [0.1, 0.15) is 10.4 Å². The molecule has 0 bridgehead atoms. The Hall–Kier alpha value is -1.40. The van der Waals surface area contributed by atoms with Crippen molar-refractivity contribution in [2.75, 3.05) is 6.54 Å². The van der Waals surface area contributed by atoms with Crippen molar-refractivity contribution in [2.45, 2.75) is 4.90 Å². The molecule has 1 N–H and O–H groups in total. The normalized spacial score (nSPS) is 8.92. The Bertz CT molecular complexity index is 337. The molecule has 66 valence electrons. The lowest BCUT2D eigenvalue weighted by atomic mass is 10.2. The first-order valence-corrected chi connectivity index (χ1v) is 4.19. The lowest BCUT2D eigenvalue weighted by molar-refractivity contribution is 0.0958. The molecular formula is C10H9NOS. The van der Waals surface area contributed by atoms with E-state index in [9.17, 15) is 4.79 Å². The third-order valence-electron chi connectivity index (χ3n) is 1.48. The largest absolute Gasteiger partial charge is 0.341 e. The van der Waals surface area contributed by atoms with Gasteiger partial charge in [-0.1, -0.05) is 5.92 Å². The summed E-state index contributed by atoms with van der Waals surface area (Å²) in [4.78, 5) is 12.1. The topological polar surface area (TPSA) is 29.1 Å². The van der Waals surface area contributed by atoms with Crippen LogP contribution < -0.4 is 5.32 Å². The molecule has 1 amide bonds. The van der Waals surface area contributed by atoms with Crippen molar-refractivity contribution in [3.05, 3.63) is 29.8 Å². The lowest BCUT2D eigenvalue weighted by Crippen LogP contribution is -2.23. The highest BCUT2D eigenvalue weighted by Crippen LogP contribution is 2.07. The lowest BCUT2D eigenvalue weighted by Gasteiger charge is -2.00. The zero-order chi connectivity index (χ0) is 9.68. The Morgan fingerprint density at radius 1 is 1.46 bits per heavy atom. The second-order valence-electron chi connectivity index (χ2n) is 2.43. The maximum absolute atomic E-state index is 11.3. The molecule has 0 spiro atoms. The van der Waals surface area contributed by atoms with Crippen molar-refractivity contribution in [3.63, 3.8) is 0 Å². The van der Waals surface area contributed by atoms with Gasteiger partial charge in [-0.15, -0.1) is 19.1 Å². The molecule has 2 nitrogen and oxygen atoms in total. The average Bonchev–Trinajstić information content (AvgIpc) is 2.15. The van der Waals surface area contributed by atoms with E-state index < -0.39 is 0 Å². The standard InChI is InChI=1S/C10H9NOS/c1-2-7-11-10(12)8-3-5-9(13)6-4-8/h1,3-6,13H,7H2,(H,11,12). The summed E-state index contributed by atoms with van der Waals surface area (Å²) in [7, 11) is 0. The van der Waals surface area contributed by atoms with E-state index in [-0.39, 0.29) is 12.5 Å². The molecule has 0 aliphatic carbocycles. The zero-order valence-corrected chi connectivity index (χ0v) is 7.84. The van der Waals surface area contributed by atoms with E-state index in [1.807, 2.05) is 0 Å². The minimum atomic E-state index is -0.161. The third-order valence-corrected chi connectivity index (χ3v) is 1.78. The number of carbonyl (C=O) groups excluding carboxylic acids is 1. The van der Waals surface area contributed by atoms with E-state index in [0.29, 0.717) is 5.56 Å².